The van der Waals surface area contributed by atoms with Gasteiger partial charge in [-0.3, -0.25) is 0 Å². The van der Waals surface area contributed by atoms with E-state index in [4.69, 9.17) is 4.42 Å². The highest BCUT2D eigenvalue weighted by Crippen LogP contribution is 2.44. The zero-order valence-electron chi connectivity index (χ0n) is 36.0. The van der Waals surface area contributed by atoms with Gasteiger partial charge in [-0.15, -0.1) is 0 Å². The first-order valence-electron chi connectivity index (χ1n) is 22.6. The fourth-order valence-corrected chi connectivity index (χ4v) is 10.2. The Hall–Kier alpha value is -8.72. The van der Waals surface area contributed by atoms with E-state index in [9.17, 15) is 0 Å². The number of hydrogen-bond donors (Lipinski definition) is 0. The van der Waals surface area contributed by atoms with E-state index in [-0.39, 0.29) is 0 Å². The van der Waals surface area contributed by atoms with Crippen molar-refractivity contribution in [3.05, 3.63) is 249 Å². The van der Waals surface area contributed by atoms with Gasteiger partial charge in [-0.05, 0) is 137 Å². The van der Waals surface area contributed by atoms with Gasteiger partial charge in [-0.25, -0.2) is 0 Å². The third-order valence-electron chi connectivity index (χ3n) is 13.4. The molecule has 0 N–H and O–H groups in total. The smallest absolute Gasteiger partial charge is 0.143 e. The zero-order chi connectivity index (χ0) is 43.6. The van der Waals surface area contributed by atoms with Crippen molar-refractivity contribution in [1.82, 2.24) is 0 Å². The summed E-state index contributed by atoms with van der Waals surface area (Å²) in [6.07, 6.45) is 0. The second-order valence-electron chi connectivity index (χ2n) is 17.3. The van der Waals surface area contributed by atoms with Crippen LogP contribution in [0.4, 0.5) is 17.1 Å². The molecule has 0 atom stereocenters. The van der Waals surface area contributed by atoms with Crippen LogP contribution in [0.5, 0.6) is 0 Å². The van der Waals surface area contributed by atoms with E-state index in [2.05, 4.69) is 241 Å². The van der Waals surface area contributed by atoms with Crippen molar-refractivity contribution in [1.29, 1.82) is 0 Å². The van der Waals surface area contributed by atoms with Crippen molar-refractivity contribution in [3.8, 4) is 44.5 Å². The molecule has 0 aliphatic carbocycles. The molecule has 2 nitrogen and oxygen atoms in total. The maximum Gasteiger partial charge on any atom is 0.143 e. The Bertz CT molecular complexity index is 3990. The molecule has 0 aliphatic rings. The van der Waals surface area contributed by atoms with Gasteiger partial charge < -0.3 is 9.32 Å². The van der Waals surface area contributed by atoms with Crippen LogP contribution in [0.2, 0.25) is 0 Å². The monoisotopic (exact) mass is 839 g/mol. The quantitative estimate of drug-likeness (QED) is 0.149. The summed E-state index contributed by atoms with van der Waals surface area (Å²) in [5.74, 6) is 0. The molecule has 0 saturated heterocycles. The number of para-hydroxylation sites is 2. The van der Waals surface area contributed by atoms with E-state index in [1.807, 2.05) is 12.1 Å². The number of anilines is 3. The summed E-state index contributed by atoms with van der Waals surface area (Å²) in [6.45, 7) is 0. The molecule has 0 aliphatic heterocycles. The Labute approximate surface area is 382 Å². The topological polar surface area (TPSA) is 16.4 Å². The lowest BCUT2D eigenvalue weighted by Gasteiger charge is -2.28. The molecule has 1 aromatic heterocycles. The van der Waals surface area contributed by atoms with Gasteiger partial charge in [0.25, 0.3) is 0 Å². The fraction of sp³-hybridized carbons (Fsp3) is 0. The number of hydrogen-bond acceptors (Lipinski definition) is 2. The van der Waals surface area contributed by atoms with Crippen LogP contribution in [0.1, 0.15) is 0 Å². The molecular formula is C64H41NO. The molecule has 0 unspecified atom stereocenters. The van der Waals surface area contributed by atoms with Gasteiger partial charge in [0.1, 0.15) is 11.2 Å². The minimum Gasteiger partial charge on any atom is -0.455 e. The van der Waals surface area contributed by atoms with Crippen LogP contribution in [0, 0.1) is 0 Å². The Morgan fingerprint density at radius 3 is 1.59 bits per heavy atom. The van der Waals surface area contributed by atoms with E-state index in [1.165, 1.54) is 65.3 Å². The second-order valence-corrected chi connectivity index (χ2v) is 17.3. The van der Waals surface area contributed by atoms with E-state index < -0.39 is 0 Å². The Morgan fingerprint density at radius 2 is 0.803 bits per heavy atom. The molecule has 66 heavy (non-hydrogen) atoms. The Balaban J connectivity index is 0.922. The summed E-state index contributed by atoms with van der Waals surface area (Å²) in [4.78, 5) is 2.42. The number of nitrogens with zero attached hydrogens (tertiary/aromatic N) is 1. The Kier molecular flexibility index (Phi) is 8.89. The van der Waals surface area contributed by atoms with Gasteiger partial charge >= 0.3 is 0 Å². The van der Waals surface area contributed by atoms with Crippen LogP contribution in [-0.4, -0.2) is 0 Å². The highest BCUT2D eigenvalue weighted by atomic mass is 16.3. The first-order valence-corrected chi connectivity index (χ1v) is 22.6. The summed E-state index contributed by atoms with van der Waals surface area (Å²) < 4.78 is 6.45. The predicted octanol–water partition coefficient (Wildman–Crippen LogP) is 18.3. The molecule has 0 bridgehead atoms. The van der Waals surface area contributed by atoms with Crippen LogP contribution in [0.15, 0.2) is 253 Å². The zero-order valence-corrected chi connectivity index (χ0v) is 36.0. The molecule has 2 heteroatoms. The number of rotatable bonds is 7. The Morgan fingerprint density at radius 1 is 0.258 bits per heavy atom. The molecule has 0 radical (unpaired) electrons. The van der Waals surface area contributed by atoms with Crippen molar-refractivity contribution >= 4 is 82.1 Å². The van der Waals surface area contributed by atoms with Crippen LogP contribution in [0.3, 0.4) is 0 Å². The summed E-state index contributed by atoms with van der Waals surface area (Å²) in [5, 5.41) is 12.1. The van der Waals surface area contributed by atoms with Crippen molar-refractivity contribution in [2.75, 3.05) is 4.90 Å². The minimum absolute atomic E-state index is 0.907. The van der Waals surface area contributed by atoms with Crippen molar-refractivity contribution in [3.63, 3.8) is 0 Å². The number of fused-ring (bicyclic) bond motifs is 8. The summed E-state index contributed by atoms with van der Waals surface area (Å²) in [5.41, 5.74) is 14.5. The van der Waals surface area contributed by atoms with Gasteiger partial charge in [0.15, 0.2) is 0 Å². The first kappa shape index (κ1) is 37.8. The van der Waals surface area contributed by atoms with Gasteiger partial charge in [-0.1, -0.05) is 188 Å². The highest BCUT2D eigenvalue weighted by molar-refractivity contribution is 6.15. The lowest BCUT2D eigenvalue weighted by molar-refractivity contribution is 0.670. The largest absolute Gasteiger partial charge is 0.455 e. The van der Waals surface area contributed by atoms with Gasteiger partial charge in [0.05, 0.1) is 5.69 Å². The molecule has 13 aromatic rings. The van der Waals surface area contributed by atoms with E-state index >= 15 is 0 Å². The number of furan rings is 1. The maximum absolute atomic E-state index is 6.45. The molecule has 0 spiro atoms. The normalized spacial score (nSPS) is 11.6. The van der Waals surface area contributed by atoms with Gasteiger partial charge in [0.2, 0.25) is 0 Å². The van der Waals surface area contributed by atoms with Crippen molar-refractivity contribution in [2.24, 2.45) is 0 Å². The van der Waals surface area contributed by atoms with Gasteiger partial charge in [0, 0.05) is 33.1 Å². The predicted molar refractivity (Wildman–Crippen MR) is 280 cm³/mol. The van der Waals surface area contributed by atoms with Crippen molar-refractivity contribution in [2.45, 2.75) is 0 Å². The molecule has 12 aromatic carbocycles. The van der Waals surface area contributed by atoms with Crippen molar-refractivity contribution < 1.29 is 4.42 Å². The maximum atomic E-state index is 6.45. The summed E-state index contributed by atoms with van der Waals surface area (Å²) >= 11 is 0. The minimum atomic E-state index is 0.907. The molecular weight excluding hydrogens is 799 g/mol. The first-order chi connectivity index (χ1) is 32.7. The molecule has 0 fully saturated rings. The third-order valence-corrected chi connectivity index (χ3v) is 13.4. The second kappa shape index (κ2) is 15.5. The molecule has 308 valence electrons. The average molecular weight is 840 g/mol. The van der Waals surface area contributed by atoms with Crippen LogP contribution >= 0.6 is 0 Å². The highest BCUT2D eigenvalue weighted by Gasteiger charge is 2.19. The third kappa shape index (κ3) is 6.42. The summed E-state index contributed by atoms with van der Waals surface area (Å²) in [6, 6.07) is 90.4. The SMILES string of the molecule is c1cc(-c2ccc(N(c3ccc(-c4cc(-c5ccc6ccccc6c5)cc5ccccc45)cc3)c3cc4ccccc4c4ccccc34)cc2)cc(-c2cccc3c2oc2ccccc23)c1. The molecule has 1 heterocycles. The van der Waals surface area contributed by atoms with Gasteiger partial charge in [-0.2, -0.15) is 0 Å². The van der Waals surface area contributed by atoms with E-state index in [0.29, 0.717) is 0 Å². The molecule has 13 rings (SSSR count). The molecule has 0 amide bonds. The average Bonchev–Trinajstić information content (AvgIpc) is 3.78. The van der Waals surface area contributed by atoms with E-state index in [1.54, 1.807) is 0 Å². The fourth-order valence-electron chi connectivity index (χ4n) is 10.2. The standard InChI is InChI=1S/C64H41NO/c1-2-14-45-37-47(28-27-42(45)13-1)51-39-48-15-3-6-20-55(48)61(40-51)44-31-35-53(36-32-44)65(62-41-50-16-4-5-19-54(50)57-21-7-8-22-58(57)62)52-33-29-43(30-34-52)46-17-11-18-49(38-46)56-24-12-25-60-59-23-9-10-26-63(59)66-64(56)60/h1-41H. The van der Waals surface area contributed by atoms with Crippen LogP contribution in [-0.2, 0) is 0 Å². The molecule has 0 saturated carbocycles. The lowest BCUT2D eigenvalue weighted by atomic mass is 9.92. The van der Waals surface area contributed by atoms with E-state index in [0.717, 1.165) is 61.3 Å². The van der Waals surface area contributed by atoms with Crippen LogP contribution < -0.4 is 4.90 Å². The lowest BCUT2D eigenvalue weighted by Crippen LogP contribution is -2.10. The number of benzene rings is 12. The van der Waals surface area contributed by atoms with Crippen LogP contribution in [0.25, 0.3) is 110 Å². The summed E-state index contributed by atoms with van der Waals surface area (Å²) in [7, 11) is 0.